The molecule has 10 heavy (non-hydrogen) atoms. The van der Waals surface area contributed by atoms with E-state index in [-0.39, 0.29) is 0 Å². The number of alkyl halides is 1. The van der Waals surface area contributed by atoms with E-state index >= 15 is 0 Å². The highest BCUT2D eigenvalue weighted by Crippen LogP contribution is 2.29. The van der Waals surface area contributed by atoms with Crippen LogP contribution in [0.2, 0.25) is 0 Å². The van der Waals surface area contributed by atoms with Crippen LogP contribution in [0.3, 0.4) is 0 Å². The molecule has 0 radical (unpaired) electrons. The first-order chi connectivity index (χ1) is 4.86. The average Bonchev–Trinajstić information content (AvgIpc) is 2.05. The maximum absolute atomic E-state index is 8.78. The van der Waals surface area contributed by atoms with Crippen LogP contribution in [0.1, 0.15) is 0 Å². The normalized spacial score (nSPS) is 34.2. The van der Waals surface area contributed by atoms with Gasteiger partial charge in [0.2, 0.25) is 0 Å². The molecule has 60 valence electrons. The summed E-state index contributed by atoms with van der Waals surface area (Å²) in [5.41, 5.74) is 0. The molecule has 1 rings (SSSR count). The van der Waals surface area contributed by atoms with Gasteiger partial charge in [-0.25, -0.2) is 0 Å². The Kier molecular flexibility index (Phi) is 4.30. The number of aliphatic hydroxyl groups is 1. The molecule has 4 heteroatoms. The molecule has 0 saturated carbocycles. The average molecular weight is 199 g/mol. The Morgan fingerprint density at radius 2 is 1.90 bits per heavy atom. The van der Waals surface area contributed by atoms with E-state index in [1.165, 1.54) is 0 Å². The Morgan fingerprint density at radius 3 is 2.30 bits per heavy atom. The lowest BCUT2D eigenvalue weighted by Crippen LogP contribution is -2.24. The van der Waals surface area contributed by atoms with E-state index in [1.807, 2.05) is 23.5 Å². The lowest BCUT2D eigenvalue weighted by Gasteiger charge is -2.24. The summed E-state index contributed by atoms with van der Waals surface area (Å²) >= 11 is 9.40. The summed E-state index contributed by atoms with van der Waals surface area (Å²) < 4.78 is 0. The minimum atomic E-state index is 0.312. The molecule has 0 aromatic rings. The molecule has 1 aliphatic heterocycles. The summed E-state index contributed by atoms with van der Waals surface area (Å²) in [4.78, 5) is 0. The second-order valence-corrected chi connectivity index (χ2v) is 5.22. The molecule has 2 unspecified atom stereocenters. The van der Waals surface area contributed by atoms with Crippen molar-refractivity contribution < 1.29 is 5.11 Å². The lowest BCUT2D eigenvalue weighted by molar-refractivity contribution is 0.301. The van der Waals surface area contributed by atoms with Crippen LogP contribution in [0.4, 0.5) is 0 Å². The second kappa shape index (κ2) is 4.75. The highest BCUT2D eigenvalue weighted by molar-refractivity contribution is 8.07. The number of thioether (sulfide) groups is 2. The van der Waals surface area contributed by atoms with Crippen molar-refractivity contribution in [3.05, 3.63) is 0 Å². The molecular formula is C6H11ClOS2. The maximum Gasteiger partial charge on any atom is 0.0558 e. The van der Waals surface area contributed by atoms with E-state index in [2.05, 4.69) is 0 Å². The minimum Gasteiger partial charge on any atom is -0.395 e. The molecule has 0 aromatic carbocycles. The van der Waals surface area contributed by atoms with Gasteiger partial charge >= 0.3 is 0 Å². The molecule has 0 spiro atoms. The largest absolute Gasteiger partial charge is 0.395 e. The first-order valence-corrected chi connectivity index (χ1v) is 5.90. The molecule has 1 nitrogen and oxygen atoms in total. The Bertz CT molecular complexity index is 81.7. The quantitative estimate of drug-likeness (QED) is 0.679. The topological polar surface area (TPSA) is 20.2 Å². The Labute approximate surface area is 74.9 Å². The number of hydrogen-bond donors (Lipinski definition) is 1. The summed E-state index contributed by atoms with van der Waals surface area (Å²) in [6, 6.07) is 0. The molecule has 1 heterocycles. The summed E-state index contributed by atoms with van der Waals surface area (Å²) in [6.45, 7) is 0.312. The lowest BCUT2D eigenvalue weighted by atomic mass is 10.5. The fraction of sp³-hybridized carbons (Fsp3) is 1.00. The van der Waals surface area contributed by atoms with Crippen molar-refractivity contribution in [2.45, 2.75) is 10.5 Å². The standard InChI is InChI=1S/C6H11ClOS2/c7-1-5-3-10-6(2-8)4-9-5/h5-6,8H,1-4H2. The molecule has 0 aromatic heterocycles. The van der Waals surface area contributed by atoms with E-state index in [0.29, 0.717) is 17.1 Å². The molecule has 0 aliphatic carbocycles. The van der Waals surface area contributed by atoms with Gasteiger partial charge < -0.3 is 5.11 Å². The van der Waals surface area contributed by atoms with Crippen molar-refractivity contribution in [1.29, 1.82) is 0 Å². The molecule has 1 saturated heterocycles. The van der Waals surface area contributed by atoms with Gasteiger partial charge in [0.1, 0.15) is 0 Å². The summed E-state index contributed by atoms with van der Waals surface area (Å²) in [5.74, 6) is 2.90. The van der Waals surface area contributed by atoms with Crippen molar-refractivity contribution in [1.82, 2.24) is 0 Å². The number of rotatable bonds is 2. The third-order valence-electron chi connectivity index (χ3n) is 1.41. The van der Waals surface area contributed by atoms with Gasteiger partial charge in [-0.15, -0.1) is 11.6 Å². The minimum absolute atomic E-state index is 0.312. The van der Waals surface area contributed by atoms with Crippen molar-refractivity contribution >= 4 is 35.1 Å². The van der Waals surface area contributed by atoms with Crippen molar-refractivity contribution in [3.63, 3.8) is 0 Å². The summed E-state index contributed by atoms with van der Waals surface area (Å²) in [5, 5.41) is 9.84. The third-order valence-corrected chi connectivity index (χ3v) is 5.17. The van der Waals surface area contributed by atoms with Crippen LogP contribution in [-0.4, -0.2) is 39.6 Å². The zero-order chi connectivity index (χ0) is 7.40. The molecule has 0 amide bonds. The van der Waals surface area contributed by atoms with Gasteiger partial charge in [0.05, 0.1) is 6.61 Å². The van der Waals surface area contributed by atoms with E-state index < -0.39 is 0 Å². The van der Waals surface area contributed by atoms with Crippen molar-refractivity contribution in [3.8, 4) is 0 Å². The van der Waals surface area contributed by atoms with Gasteiger partial charge in [0.25, 0.3) is 0 Å². The Balaban J connectivity index is 2.17. The highest BCUT2D eigenvalue weighted by atomic mass is 35.5. The van der Waals surface area contributed by atoms with Crippen LogP contribution in [0.25, 0.3) is 0 Å². The highest BCUT2D eigenvalue weighted by Gasteiger charge is 2.20. The van der Waals surface area contributed by atoms with E-state index in [1.54, 1.807) is 0 Å². The van der Waals surface area contributed by atoms with E-state index in [4.69, 9.17) is 16.7 Å². The van der Waals surface area contributed by atoms with Gasteiger partial charge in [-0.2, -0.15) is 23.5 Å². The van der Waals surface area contributed by atoms with Crippen LogP contribution >= 0.6 is 35.1 Å². The van der Waals surface area contributed by atoms with Gasteiger partial charge in [0.15, 0.2) is 0 Å². The van der Waals surface area contributed by atoms with Crippen molar-refractivity contribution in [2.24, 2.45) is 0 Å². The van der Waals surface area contributed by atoms with Crippen LogP contribution in [0, 0.1) is 0 Å². The fourth-order valence-corrected chi connectivity index (χ4v) is 3.92. The Morgan fingerprint density at radius 1 is 1.30 bits per heavy atom. The molecule has 1 fully saturated rings. The van der Waals surface area contributed by atoms with Gasteiger partial charge in [-0.05, 0) is 0 Å². The zero-order valence-electron chi connectivity index (χ0n) is 5.62. The molecule has 1 aliphatic rings. The smallest absolute Gasteiger partial charge is 0.0558 e. The first kappa shape index (κ1) is 9.04. The molecule has 2 atom stereocenters. The van der Waals surface area contributed by atoms with Crippen LogP contribution in [0.5, 0.6) is 0 Å². The van der Waals surface area contributed by atoms with Gasteiger partial charge in [-0.3, -0.25) is 0 Å². The number of hydrogen-bond acceptors (Lipinski definition) is 3. The fourth-order valence-electron chi connectivity index (χ4n) is 0.778. The molecule has 0 bridgehead atoms. The van der Waals surface area contributed by atoms with E-state index in [0.717, 1.165) is 17.4 Å². The third kappa shape index (κ3) is 2.53. The molecule has 1 N–H and O–H groups in total. The summed E-state index contributed by atoms with van der Waals surface area (Å²) in [6.07, 6.45) is 0. The van der Waals surface area contributed by atoms with Crippen molar-refractivity contribution in [2.75, 3.05) is 24.0 Å². The van der Waals surface area contributed by atoms with Crippen LogP contribution in [-0.2, 0) is 0 Å². The SMILES string of the molecule is OCC1CSC(CCl)CS1. The Hall–Kier alpha value is 0.950. The number of halogens is 1. The van der Waals surface area contributed by atoms with Crippen LogP contribution < -0.4 is 0 Å². The summed E-state index contributed by atoms with van der Waals surface area (Å²) in [7, 11) is 0. The van der Waals surface area contributed by atoms with Crippen LogP contribution in [0.15, 0.2) is 0 Å². The van der Waals surface area contributed by atoms with Gasteiger partial charge in [-0.1, -0.05) is 0 Å². The predicted octanol–water partition coefficient (Wildman–Crippen LogP) is 1.43. The molecular weight excluding hydrogens is 188 g/mol. The second-order valence-electron chi connectivity index (χ2n) is 2.25. The van der Waals surface area contributed by atoms with E-state index in [9.17, 15) is 0 Å². The monoisotopic (exact) mass is 198 g/mol. The number of aliphatic hydroxyl groups excluding tert-OH is 1. The first-order valence-electron chi connectivity index (χ1n) is 3.27. The zero-order valence-corrected chi connectivity index (χ0v) is 8.01. The van der Waals surface area contributed by atoms with Gasteiger partial charge in [0, 0.05) is 27.9 Å². The maximum atomic E-state index is 8.78. The predicted molar refractivity (Wildman–Crippen MR) is 50.3 cm³/mol.